The summed E-state index contributed by atoms with van der Waals surface area (Å²) in [6.45, 7) is 0. The fourth-order valence-electron chi connectivity index (χ4n) is 9.74. The van der Waals surface area contributed by atoms with E-state index in [9.17, 15) is 0 Å². The molecule has 0 saturated heterocycles. The normalized spacial score (nSPS) is 11.4. The van der Waals surface area contributed by atoms with Gasteiger partial charge >= 0.3 is 0 Å². The molecule has 3 nitrogen and oxygen atoms in total. The summed E-state index contributed by atoms with van der Waals surface area (Å²) >= 11 is 0. The minimum absolute atomic E-state index is 0.965. The minimum atomic E-state index is 0.965. The molecule has 12 aromatic rings. The lowest BCUT2D eigenvalue weighted by Gasteiger charge is -2.22. The third kappa shape index (κ3) is 6.33. The number of fused-ring (bicyclic) bond motifs is 3. The van der Waals surface area contributed by atoms with E-state index in [1.54, 1.807) is 0 Å². The highest BCUT2D eigenvalue weighted by atomic mass is 15.0. The molecule has 3 heterocycles. The van der Waals surface area contributed by atoms with E-state index < -0.39 is 0 Å². The lowest BCUT2D eigenvalue weighted by molar-refractivity contribution is 1.10. The van der Waals surface area contributed by atoms with Gasteiger partial charge < -0.3 is 9.13 Å². The second-order valence-corrected chi connectivity index (χ2v) is 16.3. The summed E-state index contributed by atoms with van der Waals surface area (Å²) in [4.78, 5) is 5.27. The fourth-order valence-corrected chi connectivity index (χ4v) is 9.74. The van der Waals surface area contributed by atoms with E-state index in [-0.39, 0.29) is 0 Å². The van der Waals surface area contributed by atoms with Gasteiger partial charge in [-0.2, -0.15) is 0 Å². The molecule has 0 fully saturated rings. The van der Waals surface area contributed by atoms with Gasteiger partial charge in [-0.15, -0.1) is 0 Å². The molecule has 300 valence electrons. The standard InChI is InChI=1S/C61H41N3/c1-6-19-43(20-7-1)55-34-35-56(44-21-8-2-9-22-44)63(55)48-31-33-52-53(40-48)59(47-27-14-5-15-28-47)51-32-30-49(41-54(51)60(52)61-50-29-17-16-18-42(50)38-39-62-61)64-57(45-23-10-3-11-24-45)36-37-58(64)46-25-12-4-13-26-46/h1-41H. The summed E-state index contributed by atoms with van der Waals surface area (Å²) in [7, 11) is 0. The first-order valence-corrected chi connectivity index (χ1v) is 21.9. The average Bonchev–Trinajstić information content (AvgIpc) is 4.03. The molecule has 0 amide bonds. The summed E-state index contributed by atoms with van der Waals surface area (Å²) in [5.74, 6) is 0. The van der Waals surface area contributed by atoms with Crippen molar-refractivity contribution in [1.82, 2.24) is 14.1 Å². The van der Waals surface area contributed by atoms with Crippen molar-refractivity contribution in [2.24, 2.45) is 0 Å². The van der Waals surface area contributed by atoms with Crippen LogP contribution in [0.2, 0.25) is 0 Å². The fraction of sp³-hybridized carbons (Fsp3) is 0. The molecule has 0 radical (unpaired) electrons. The molecule has 0 aliphatic carbocycles. The first kappa shape index (κ1) is 37.2. The second-order valence-electron chi connectivity index (χ2n) is 16.3. The number of nitrogens with zero attached hydrogens (tertiary/aromatic N) is 3. The van der Waals surface area contributed by atoms with Crippen LogP contribution in [-0.2, 0) is 0 Å². The van der Waals surface area contributed by atoms with Crippen LogP contribution in [-0.4, -0.2) is 14.1 Å². The van der Waals surface area contributed by atoms with Crippen LogP contribution in [0.1, 0.15) is 0 Å². The molecule has 0 N–H and O–H groups in total. The van der Waals surface area contributed by atoms with E-state index in [1.807, 2.05) is 6.20 Å². The van der Waals surface area contributed by atoms with Gasteiger partial charge in [0.2, 0.25) is 0 Å². The van der Waals surface area contributed by atoms with E-state index in [0.717, 1.165) is 106 Å². The Bertz CT molecular complexity index is 3510. The summed E-state index contributed by atoms with van der Waals surface area (Å²) in [6.07, 6.45) is 1.96. The van der Waals surface area contributed by atoms with E-state index in [1.165, 1.54) is 5.56 Å². The summed E-state index contributed by atoms with van der Waals surface area (Å²) in [5.41, 5.74) is 15.8. The molecular weight excluding hydrogens is 775 g/mol. The van der Waals surface area contributed by atoms with Crippen LogP contribution < -0.4 is 0 Å². The molecule has 9 aromatic carbocycles. The number of hydrogen-bond donors (Lipinski definition) is 0. The first-order chi connectivity index (χ1) is 31.8. The Kier molecular flexibility index (Phi) is 9.16. The summed E-state index contributed by atoms with van der Waals surface area (Å²) in [6, 6.07) is 87.6. The van der Waals surface area contributed by atoms with Crippen molar-refractivity contribution in [2.75, 3.05) is 0 Å². The summed E-state index contributed by atoms with van der Waals surface area (Å²) in [5, 5.41) is 6.89. The quantitative estimate of drug-likeness (QED) is 0.140. The van der Waals surface area contributed by atoms with Crippen LogP contribution in [0.5, 0.6) is 0 Å². The largest absolute Gasteiger partial charge is 0.309 e. The topological polar surface area (TPSA) is 22.8 Å². The van der Waals surface area contributed by atoms with Crippen LogP contribution in [0.15, 0.2) is 249 Å². The Labute approximate surface area is 372 Å². The third-order valence-corrected chi connectivity index (χ3v) is 12.6. The lowest BCUT2D eigenvalue weighted by atomic mass is 9.86. The highest BCUT2D eigenvalue weighted by molar-refractivity contribution is 6.23. The van der Waals surface area contributed by atoms with E-state index >= 15 is 0 Å². The van der Waals surface area contributed by atoms with E-state index in [4.69, 9.17) is 4.98 Å². The molecule has 0 atom stereocenters. The van der Waals surface area contributed by atoms with Crippen molar-refractivity contribution < 1.29 is 0 Å². The van der Waals surface area contributed by atoms with Crippen molar-refractivity contribution in [3.05, 3.63) is 249 Å². The third-order valence-electron chi connectivity index (χ3n) is 12.6. The molecule has 0 spiro atoms. The van der Waals surface area contributed by atoms with Crippen LogP contribution in [0.25, 0.3) is 111 Å². The van der Waals surface area contributed by atoms with Crippen molar-refractivity contribution in [1.29, 1.82) is 0 Å². The van der Waals surface area contributed by atoms with Crippen molar-refractivity contribution in [3.8, 4) is 78.8 Å². The van der Waals surface area contributed by atoms with Crippen molar-refractivity contribution in [2.45, 2.75) is 0 Å². The van der Waals surface area contributed by atoms with Gasteiger partial charge in [-0.25, -0.2) is 0 Å². The van der Waals surface area contributed by atoms with Gasteiger partial charge in [0, 0.05) is 28.5 Å². The Hall–Kier alpha value is -8.53. The molecule has 3 aromatic heterocycles. The number of aromatic nitrogens is 3. The SMILES string of the molecule is c1ccc(-c2c3cc(-n4c(-c5ccccc5)ccc4-c4ccccc4)ccc3c(-c3nccc4ccccc34)c3cc(-n4c(-c5ccccc5)ccc4-c4ccccc4)ccc23)cc1. The number of hydrogen-bond acceptors (Lipinski definition) is 1. The van der Waals surface area contributed by atoms with Crippen molar-refractivity contribution in [3.63, 3.8) is 0 Å². The zero-order chi connectivity index (χ0) is 42.4. The Morgan fingerprint density at radius 2 is 0.641 bits per heavy atom. The monoisotopic (exact) mass is 815 g/mol. The van der Waals surface area contributed by atoms with Gasteiger partial charge in [0.15, 0.2) is 0 Å². The predicted molar refractivity (Wildman–Crippen MR) is 268 cm³/mol. The van der Waals surface area contributed by atoms with Crippen LogP contribution in [0, 0.1) is 0 Å². The summed E-state index contributed by atoms with van der Waals surface area (Å²) < 4.78 is 4.84. The maximum Gasteiger partial charge on any atom is 0.0792 e. The average molecular weight is 816 g/mol. The maximum absolute atomic E-state index is 5.27. The zero-order valence-corrected chi connectivity index (χ0v) is 35.0. The molecule has 0 aliphatic rings. The number of benzene rings is 9. The minimum Gasteiger partial charge on any atom is -0.309 e. The van der Waals surface area contributed by atoms with Gasteiger partial charge in [-0.05, 0) is 115 Å². The van der Waals surface area contributed by atoms with Gasteiger partial charge in [0.25, 0.3) is 0 Å². The van der Waals surface area contributed by atoms with Crippen LogP contribution in [0.4, 0.5) is 0 Å². The van der Waals surface area contributed by atoms with Gasteiger partial charge in [0.05, 0.1) is 28.5 Å². The van der Waals surface area contributed by atoms with Gasteiger partial charge in [-0.3, -0.25) is 4.98 Å². The molecule has 3 heteroatoms. The first-order valence-electron chi connectivity index (χ1n) is 21.9. The predicted octanol–water partition coefficient (Wildman–Crippen LogP) is 16.1. The van der Waals surface area contributed by atoms with E-state index in [2.05, 4.69) is 252 Å². The zero-order valence-electron chi connectivity index (χ0n) is 35.0. The lowest BCUT2D eigenvalue weighted by Crippen LogP contribution is -2.02. The molecule has 0 bridgehead atoms. The van der Waals surface area contributed by atoms with Crippen LogP contribution >= 0.6 is 0 Å². The Morgan fingerprint density at radius 1 is 0.266 bits per heavy atom. The molecule has 12 rings (SSSR count). The van der Waals surface area contributed by atoms with E-state index in [0.29, 0.717) is 0 Å². The van der Waals surface area contributed by atoms with Gasteiger partial charge in [-0.1, -0.05) is 188 Å². The van der Waals surface area contributed by atoms with Crippen molar-refractivity contribution >= 4 is 32.3 Å². The smallest absolute Gasteiger partial charge is 0.0792 e. The number of rotatable bonds is 8. The Balaban J connectivity index is 1.21. The molecule has 0 aliphatic heterocycles. The van der Waals surface area contributed by atoms with Crippen LogP contribution in [0.3, 0.4) is 0 Å². The molecule has 0 unspecified atom stereocenters. The molecule has 64 heavy (non-hydrogen) atoms. The second kappa shape index (κ2) is 15.7. The molecule has 0 saturated carbocycles. The Morgan fingerprint density at radius 3 is 1.09 bits per heavy atom. The van der Waals surface area contributed by atoms with Gasteiger partial charge in [0.1, 0.15) is 0 Å². The maximum atomic E-state index is 5.27. The highest BCUT2D eigenvalue weighted by Gasteiger charge is 2.23. The highest BCUT2D eigenvalue weighted by Crippen LogP contribution is 2.47. The number of pyridine rings is 1. The molecular formula is C61H41N3.